The lowest BCUT2D eigenvalue weighted by atomic mass is 10.1. The van der Waals surface area contributed by atoms with Gasteiger partial charge in [0.2, 0.25) is 0 Å². The van der Waals surface area contributed by atoms with Gasteiger partial charge in [-0.1, -0.05) is 0 Å². The summed E-state index contributed by atoms with van der Waals surface area (Å²) in [6.07, 6.45) is -1.88. The fraction of sp³-hybridized carbons (Fsp3) is 0.190. The molecule has 2 amide bonds. The number of nitrogens with one attached hydrogen (secondary N) is 6. The number of carbonyl (C=O) groups excluding carboxylic acids is 4. The Labute approximate surface area is 402 Å². The first-order valence-electron chi connectivity index (χ1n) is 19.3. The molecule has 0 radical (unpaired) electrons. The van der Waals surface area contributed by atoms with E-state index in [9.17, 15) is 48.6 Å². The van der Waals surface area contributed by atoms with Gasteiger partial charge in [0.05, 0.1) is 37.2 Å². The van der Waals surface area contributed by atoms with E-state index in [1.807, 2.05) is 0 Å². The molecule has 2 unspecified atom stereocenters. The highest BCUT2D eigenvalue weighted by Crippen LogP contribution is 2.26. The predicted octanol–water partition coefficient (Wildman–Crippen LogP) is 2.37. The van der Waals surface area contributed by atoms with Crippen LogP contribution >= 0.6 is 24.8 Å². The molecule has 4 rings (SSSR count). The van der Waals surface area contributed by atoms with Gasteiger partial charge in [0.25, 0.3) is 11.8 Å². The number of carboxylic acids is 4. The van der Waals surface area contributed by atoms with Crippen LogP contribution in [0.5, 0.6) is 23.0 Å². The molecule has 0 saturated heterocycles. The number of hydrogen-bond acceptors (Lipinski definition) is 15. The van der Waals surface area contributed by atoms with Gasteiger partial charge >= 0.3 is 35.8 Å². The second kappa shape index (κ2) is 27.1. The number of esters is 2. The molecule has 69 heavy (non-hydrogen) atoms. The predicted molar refractivity (Wildman–Crippen MR) is 245 cm³/mol. The Balaban J connectivity index is 0.00000817. The number of hydrogen-bond donors (Lipinski definition) is 12. The molecule has 27 heteroatoms. The molecule has 0 fully saturated rings. The van der Waals surface area contributed by atoms with E-state index < -0.39 is 72.6 Å². The van der Waals surface area contributed by atoms with E-state index in [1.54, 1.807) is 0 Å². The Bertz CT molecular complexity index is 2370. The van der Waals surface area contributed by atoms with Gasteiger partial charge in [0.1, 0.15) is 48.3 Å². The molecule has 14 N–H and O–H groups in total. The minimum Gasteiger partial charge on any atom is -0.491 e. The fourth-order valence-electron chi connectivity index (χ4n) is 5.48. The summed E-state index contributed by atoms with van der Waals surface area (Å²) in [7, 11) is 0. The zero-order chi connectivity index (χ0) is 49.2. The average molecular weight is 1000 g/mol. The number of anilines is 2. The Kier molecular flexibility index (Phi) is 22.2. The van der Waals surface area contributed by atoms with E-state index in [0.717, 1.165) is 12.1 Å². The summed E-state index contributed by atoms with van der Waals surface area (Å²) in [4.78, 5) is 97.8. The number of rotatable bonds is 24. The third kappa shape index (κ3) is 19.0. The number of aliphatic carboxylic acids is 4. The smallest absolute Gasteiger partial charge is 0.343 e. The van der Waals surface area contributed by atoms with Crippen molar-refractivity contribution in [3.63, 3.8) is 0 Å². The molecule has 0 saturated carbocycles. The van der Waals surface area contributed by atoms with Gasteiger partial charge in [0, 0.05) is 34.6 Å². The molecule has 0 heterocycles. The van der Waals surface area contributed by atoms with E-state index >= 15 is 0 Å². The summed E-state index contributed by atoms with van der Waals surface area (Å²) in [5.41, 5.74) is 11.0. The molecule has 0 spiro atoms. The third-order valence-corrected chi connectivity index (χ3v) is 8.46. The number of nitrogens with two attached hydrogens (primary N) is 2. The highest BCUT2D eigenvalue weighted by Gasteiger charge is 2.26. The van der Waals surface area contributed by atoms with Crippen LogP contribution in [0.25, 0.3) is 0 Å². The SMILES string of the molecule is Cl.Cl.N=C(N)Nc1ccc(C(=O)Oc2cc(OCCOCCOc3cc(OC(=O)c4ccc(NC(=N)N)cc4)cc(C(=O)NC(CC(=O)O)C(=O)O)c3)cc(C(=O)NC(CC(=O)O)C(=O)O)c2)cc1. The Hall–Kier alpha value is -8.68. The van der Waals surface area contributed by atoms with Gasteiger partial charge in [-0.3, -0.25) is 30.0 Å². The number of guanidine groups is 2. The van der Waals surface area contributed by atoms with Crippen molar-refractivity contribution in [2.24, 2.45) is 11.5 Å². The summed E-state index contributed by atoms with van der Waals surface area (Å²) in [5.74, 6) is -11.3. The standard InChI is InChI=1S/C42H42N8O17.2ClH/c43-41(44)47-25-5-1-21(2-6-25)39(61)66-29-15-23(35(55)49-31(37(57)58)19-33(51)52)13-27(17-29)64-11-9-63-10-12-65-28-14-24(36(56)50-32(38(59)60)20-34(53)54)16-30(18-28)67-40(62)22-3-7-26(8-4-22)48-42(45)46;;/h1-8,13-18,31-32H,9-12,19-20H2,(H,49,55)(H,50,56)(H,51,52)(H,53,54)(H,57,58)(H,59,60)(H4,43,44,47)(H4,45,46,48);2*1H. The second-order valence-electron chi connectivity index (χ2n) is 13.6. The summed E-state index contributed by atoms with van der Waals surface area (Å²) in [6.45, 7) is -0.631. The summed E-state index contributed by atoms with van der Waals surface area (Å²) in [6, 6.07) is 14.7. The first-order chi connectivity index (χ1) is 31.8. The fourth-order valence-corrected chi connectivity index (χ4v) is 5.48. The van der Waals surface area contributed by atoms with Gasteiger partial charge in [-0.15, -0.1) is 24.8 Å². The Morgan fingerprint density at radius 1 is 0.493 bits per heavy atom. The quantitative estimate of drug-likeness (QED) is 0.0158. The maximum Gasteiger partial charge on any atom is 0.343 e. The van der Waals surface area contributed by atoms with E-state index in [2.05, 4.69) is 21.3 Å². The van der Waals surface area contributed by atoms with Gasteiger partial charge < -0.3 is 76.8 Å². The Morgan fingerprint density at radius 2 is 0.826 bits per heavy atom. The maximum atomic E-state index is 13.1. The van der Waals surface area contributed by atoms with Gasteiger partial charge in [-0.2, -0.15) is 0 Å². The highest BCUT2D eigenvalue weighted by atomic mass is 35.5. The maximum absolute atomic E-state index is 13.1. The van der Waals surface area contributed by atoms with Crippen LogP contribution in [0.1, 0.15) is 54.3 Å². The van der Waals surface area contributed by atoms with Crippen LogP contribution in [0, 0.1) is 10.8 Å². The van der Waals surface area contributed by atoms with Crippen molar-refractivity contribution < 1.29 is 82.5 Å². The van der Waals surface area contributed by atoms with Gasteiger partial charge in [-0.25, -0.2) is 19.2 Å². The number of carbonyl (C=O) groups is 8. The zero-order valence-electron chi connectivity index (χ0n) is 35.5. The van der Waals surface area contributed by atoms with Crippen molar-refractivity contribution in [1.29, 1.82) is 10.8 Å². The lowest BCUT2D eigenvalue weighted by Gasteiger charge is -2.15. The van der Waals surface area contributed by atoms with Crippen LogP contribution in [0.2, 0.25) is 0 Å². The van der Waals surface area contributed by atoms with Crippen molar-refractivity contribution in [1.82, 2.24) is 10.6 Å². The topological polar surface area (TPSA) is 411 Å². The number of carboxylic acid groups (broad SMARTS) is 4. The normalized spacial score (nSPS) is 11.0. The molecule has 368 valence electrons. The van der Waals surface area contributed by atoms with Gasteiger partial charge in [0.15, 0.2) is 11.9 Å². The zero-order valence-corrected chi connectivity index (χ0v) is 37.2. The first-order valence-corrected chi connectivity index (χ1v) is 19.3. The molecule has 0 aliphatic carbocycles. The van der Waals surface area contributed by atoms with E-state index in [0.29, 0.717) is 11.4 Å². The summed E-state index contributed by atoms with van der Waals surface area (Å²) < 4.78 is 27.9. The largest absolute Gasteiger partial charge is 0.491 e. The van der Waals surface area contributed by atoms with E-state index in [-0.39, 0.29) is 108 Å². The average Bonchev–Trinajstić information content (AvgIpc) is 3.25. The van der Waals surface area contributed by atoms with Crippen molar-refractivity contribution in [2.45, 2.75) is 24.9 Å². The van der Waals surface area contributed by atoms with Crippen LogP contribution in [-0.4, -0.2) is 118 Å². The van der Waals surface area contributed by atoms with E-state index in [4.69, 9.17) is 56.2 Å². The molecule has 0 bridgehead atoms. The molecular weight excluding hydrogens is 959 g/mol. The van der Waals surface area contributed by atoms with Crippen molar-refractivity contribution in [3.05, 3.63) is 107 Å². The molecule has 4 aromatic rings. The minimum absolute atomic E-state index is 0. The molecule has 2 atom stereocenters. The summed E-state index contributed by atoms with van der Waals surface area (Å²) >= 11 is 0. The number of halogens is 2. The molecule has 0 aliphatic rings. The second-order valence-corrected chi connectivity index (χ2v) is 13.6. The molecule has 0 aromatic heterocycles. The van der Waals surface area contributed by atoms with Gasteiger partial charge in [-0.05, 0) is 72.8 Å². The highest BCUT2D eigenvalue weighted by molar-refractivity contribution is 6.00. The number of ether oxygens (including phenoxy) is 5. The van der Waals surface area contributed by atoms with Crippen LogP contribution in [0.15, 0.2) is 84.9 Å². The minimum atomic E-state index is -1.81. The third-order valence-electron chi connectivity index (χ3n) is 8.46. The lowest BCUT2D eigenvalue weighted by Crippen LogP contribution is -2.42. The monoisotopic (exact) mass is 1000 g/mol. The van der Waals surface area contributed by atoms with Crippen LogP contribution < -0.4 is 51.7 Å². The number of benzene rings is 4. The van der Waals surface area contributed by atoms with Crippen molar-refractivity contribution >= 4 is 95.7 Å². The Morgan fingerprint density at radius 3 is 1.13 bits per heavy atom. The molecule has 0 aliphatic heterocycles. The van der Waals surface area contributed by atoms with Crippen LogP contribution in [0.4, 0.5) is 11.4 Å². The number of amides is 2. The van der Waals surface area contributed by atoms with Crippen LogP contribution in [-0.2, 0) is 23.9 Å². The van der Waals surface area contributed by atoms with Crippen molar-refractivity contribution in [2.75, 3.05) is 37.1 Å². The van der Waals surface area contributed by atoms with E-state index in [1.165, 1.54) is 72.8 Å². The van der Waals surface area contributed by atoms with Crippen molar-refractivity contribution in [3.8, 4) is 23.0 Å². The molecular formula is C42H44Cl2N8O17. The summed E-state index contributed by atoms with van der Waals surface area (Å²) in [5, 5.41) is 61.0. The van der Waals surface area contributed by atoms with Crippen LogP contribution in [0.3, 0.4) is 0 Å². The lowest BCUT2D eigenvalue weighted by molar-refractivity contribution is -0.145. The molecule has 25 nitrogen and oxygen atoms in total. The first kappa shape index (κ1) is 56.4. The molecule has 4 aromatic carbocycles.